The van der Waals surface area contributed by atoms with Crippen LogP contribution in [-0.2, 0) is 25.6 Å². The summed E-state index contributed by atoms with van der Waals surface area (Å²) in [6, 6.07) is 23.3. The maximum Gasteiger partial charge on any atom is 0.241 e. The number of para-hydroxylation sites is 1. The largest absolute Gasteiger partial charge is 0.507 e. The van der Waals surface area contributed by atoms with E-state index < -0.39 is 58.5 Å². The minimum atomic E-state index is -1.40. The van der Waals surface area contributed by atoms with Crippen LogP contribution in [0.2, 0.25) is 5.02 Å². The number of phenolic OH excluding ortho intramolecular Hbond substituents is 1. The fourth-order valence-electron chi connectivity index (χ4n) is 9.25. The summed E-state index contributed by atoms with van der Waals surface area (Å²) in [4.78, 5) is 62.2. The fraction of sp³-hybridized carbons (Fsp3) is 0.273. The van der Waals surface area contributed by atoms with Crippen LogP contribution in [0.25, 0.3) is 0 Å². The van der Waals surface area contributed by atoms with Crippen molar-refractivity contribution in [2.75, 3.05) is 28.8 Å². The van der Waals surface area contributed by atoms with E-state index in [2.05, 4.69) is 16.8 Å². The number of benzene rings is 4. The molecule has 1 saturated carbocycles. The number of nitrogens with zero attached hydrogens (tertiary/aromatic N) is 5. The van der Waals surface area contributed by atoms with Crippen LogP contribution in [0.5, 0.6) is 5.75 Å². The van der Waals surface area contributed by atoms with Crippen molar-refractivity contribution in [3.63, 3.8) is 0 Å². The number of allylic oxidation sites excluding steroid dienone is 3. The van der Waals surface area contributed by atoms with E-state index in [4.69, 9.17) is 11.6 Å². The highest BCUT2D eigenvalue weighted by Gasteiger charge is 2.68. The van der Waals surface area contributed by atoms with Crippen molar-refractivity contribution in [1.82, 2.24) is 0 Å². The number of carbonyl (C=O) groups excluding carboxylic acids is 4. The number of hydrogen-bond acceptors (Lipinski definition) is 8. The van der Waals surface area contributed by atoms with Gasteiger partial charge in [-0.2, -0.15) is 10.2 Å². The lowest BCUT2D eigenvalue weighted by atomic mass is 9.51. The molecular formula is C44H39ClFN5O5. The highest BCUT2D eigenvalue weighted by Crippen LogP contribution is 2.64. The van der Waals surface area contributed by atoms with E-state index >= 15 is 0 Å². The van der Waals surface area contributed by atoms with Crippen LogP contribution < -0.4 is 14.7 Å². The molecule has 12 heteroatoms. The fourth-order valence-corrected chi connectivity index (χ4v) is 9.42. The van der Waals surface area contributed by atoms with E-state index in [9.17, 15) is 28.7 Å². The smallest absolute Gasteiger partial charge is 0.241 e. The molecule has 4 aromatic rings. The molecule has 1 N–H and O–H groups in total. The summed E-state index contributed by atoms with van der Waals surface area (Å²) in [7, 11) is 3.91. The summed E-state index contributed by atoms with van der Waals surface area (Å²) >= 11 is 6.13. The zero-order chi connectivity index (χ0) is 39.6. The summed E-state index contributed by atoms with van der Waals surface area (Å²) in [5, 5.41) is 20.1. The number of carbonyl (C=O) groups is 4. The van der Waals surface area contributed by atoms with Crippen molar-refractivity contribution in [2.24, 2.45) is 39.3 Å². The first-order valence-electron chi connectivity index (χ1n) is 18.5. The molecule has 2 aliphatic heterocycles. The Hall–Kier alpha value is -5.94. The van der Waals surface area contributed by atoms with Gasteiger partial charge >= 0.3 is 0 Å². The quantitative estimate of drug-likeness (QED) is 0.109. The second-order valence-corrected chi connectivity index (χ2v) is 15.7. The van der Waals surface area contributed by atoms with Crippen LogP contribution >= 0.6 is 11.6 Å². The Kier molecular flexibility index (Phi) is 9.23. The van der Waals surface area contributed by atoms with Gasteiger partial charge in [-0.1, -0.05) is 47.5 Å². The average molecular weight is 772 g/mol. The Morgan fingerprint density at radius 3 is 2.20 bits per heavy atom. The number of halogens is 2. The Morgan fingerprint density at radius 2 is 1.55 bits per heavy atom. The average Bonchev–Trinajstić information content (AvgIpc) is 3.56. The van der Waals surface area contributed by atoms with Gasteiger partial charge in [-0.25, -0.2) is 9.29 Å². The van der Waals surface area contributed by atoms with Crippen LogP contribution in [0.1, 0.15) is 36.8 Å². The number of phenols is 1. The van der Waals surface area contributed by atoms with Crippen LogP contribution in [0.4, 0.5) is 32.8 Å². The maximum absolute atomic E-state index is 14.7. The van der Waals surface area contributed by atoms with Gasteiger partial charge in [-0.05, 0) is 104 Å². The monoisotopic (exact) mass is 771 g/mol. The van der Waals surface area contributed by atoms with E-state index in [0.717, 1.165) is 22.2 Å². The van der Waals surface area contributed by atoms with Gasteiger partial charge in [-0.3, -0.25) is 24.1 Å². The molecule has 0 spiro atoms. The molecule has 2 heterocycles. The number of rotatable bonds is 8. The summed E-state index contributed by atoms with van der Waals surface area (Å²) in [6.45, 7) is 5.54. The molecule has 8 rings (SSSR count). The number of amides is 4. The van der Waals surface area contributed by atoms with Gasteiger partial charge in [0.05, 0.1) is 50.9 Å². The predicted molar refractivity (Wildman–Crippen MR) is 212 cm³/mol. The number of anilines is 3. The van der Waals surface area contributed by atoms with E-state index in [-0.39, 0.29) is 35.2 Å². The lowest BCUT2D eigenvalue weighted by Gasteiger charge is -2.49. The van der Waals surface area contributed by atoms with Crippen molar-refractivity contribution in [1.29, 1.82) is 0 Å². The summed E-state index contributed by atoms with van der Waals surface area (Å²) in [6.07, 6.45) is 4.30. The molecule has 0 bridgehead atoms. The van der Waals surface area contributed by atoms with Crippen molar-refractivity contribution in [3.05, 3.63) is 131 Å². The Labute approximate surface area is 328 Å². The van der Waals surface area contributed by atoms with Crippen molar-refractivity contribution < 1.29 is 28.7 Å². The molecule has 0 radical (unpaired) electrons. The van der Waals surface area contributed by atoms with Crippen molar-refractivity contribution in [2.45, 2.75) is 32.1 Å². The first-order valence-corrected chi connectivity index (χ1v) is 18.8. The SMILES string of the molecule is C=CCc1cccc(C2C3=CCC4C(=O)N(c5ccc(N=Nc6ccc(N(C)C)cc6)cc5)C(=O)C4C3CC3C(=O)N(c4ccc(F)c(Cl)c4)C(=O)C32C)c1O. The van der Waals surface area contributed by atoms with Crippen LogP contribution in [0, 0.1) is 34.9 Å². The van der Waals surface area contributed by atoms with Gasteiger partial charge in [0, 0.05) is 31.3 Å². The maximum atomic E-state index is 14.7. The summed E-state index contributed by atoms with van der Waals surface area (Å²) in [5.41, 5.74) is 3.13. The Bertz CT molecular complexity index is 2380. The topological polar surface area (TPSA) is 123 Å². The number of imide groups is 2. The second kappa shape index (κ2) is 14.0. The van der Waals surface area contributed by atoms with Gasteiger partial charge in [0.15, 0.2) is 0 Å². The Morgan fingerprint density at radius 1 is 0.893 bits per heavy atom. The molecule has 6 unspecified atom stereocenters. The Balaban J connectivity index is 1.15. The number of azo groups is 1. The predicted octanol–water partition coefficient (Wildman–Crippen LogP) is 8.83. The number of aromatic hydroxyl groups is 1. The van der Waals surface area contributed by atoms with E-state index in [1.165, 1.54) is 17.0 Å². The molecule has 0 aromatic heterocycles. The van der Waals surface area contributed by atoms with Crippen molar-refractivity contribution in [3.8, 4) is 5.75 Å². The standard InChI is InChI=1S/C44H39ClFN5O5/c1-5-7-24-8-6-9-32(39(24)52)38-30-19-20-31-37(33(30)23-34-41(54)51(43(56)44(34,38)2)29-18-21-36(46)35(45)22-29)42(55)50(40(31)53)28-16-12-26(13-17-28)48-47-25-10-14-27(15-11-25)49(3)4/h5-6,8-19,21-22,31,33-34,37-38,52H,1,7,20,23H2,2-4H3. The zero-order valence-corrected chi connectivity index (χ0v) is 31.8. The third kappa shape index (κ3) is 5.75. The molecule has 2 aliphatic carbocycles. The first kappa shape index (κ1) is 37.0. The second-order valence-electron chi connectivity index (χ2n) is 15.2. The normalized spacial score (nSPS) is 25.7. The zero-order valence-electron chi connectivity index (χ0n) is 31.0. The van der Waals surface area contributed by atoms with Crippen molar-refractivity contribution >= 4 is 63.7 Å². The van der Waals surface area contributed by atoms with E-state index in [0.29, 0.717) is 34.6 Å². The van der Waals surface area contributed by atoms with Crippen LogP contribution in [0.3, 0.4) is 0 Å². The third-order valence-corrected chi connectivity index (χ3v) is 12.3. The molecule has 10 nitrogen and oxygen atoms in total. The molecule has 284 valence electrons. The number of fused-ring (bicyclic) bond motifs is 4. The number of hydrogen-bond donors (Lipinski definition) is 1. The highest BCUT2D eigenvalue weighted by molar-refractivity contribution is 6.32. The molecular weight excluding hydrogens is 733 g/mol. The molecule has 56 heavy (non-hydrogen) atoms. The first-order chi connectivity index (χ1) is 26.8. The molecule has 4 amide bonds. The van der Waals surface area contributed by atoms with Gasteiger partial charge in [-0.15, -0.1) is 6.58 Å². The summed E-state index contributed by atoms with van der Waals surface area (Å²) in [5.74, 6) is -6.35. The van der Waals surface area contributed by atoms with Gasteiger partial charge in [0.2, 0.25) is 23.6 Å². The lowest BCUT2D eigenvalue weighted by Crippen LogP contribution is -2.49. The minimum absolute atomic E-state index is 0.0251. The van der Waals surface area contributed by atoms with E-state index in [1.54, 1.807) is 55.5 Å². The molecule has 2 saturated heterocycles. The third-order valence-electron chi connectivity index (χ3n) is 12.0. The van der Waals surface area contributed by atoms with Gasteiger partial charge in [0.25, 0.3) is 0 Å². The van der Waals surface area contributed by atoms with Gasteiger partial charge in [0.1, 0.15) is 11.6 Å². The molecule has 4 aromatic carbocycles. The summed E-state index contributed by atoms with van der Waals surface area (Å²) < 4.78 is 14.2. The van der Waals surface area contributed by atoms with Crippen LogP contribution in [-0.4, -0.2) is 42.8 Å². The minimum Gasteiger partial charge on any atom is -0.507 e. The van der Waals surface area contributed by atoms with E-state index in [1.807, 2.05) is 49.3 Å². The molecule has 4 aliphatic rings. The highest BCUT2D eigenvalue weighted by atomic mass is 35.5. The van der Waals surface area contributed by atoms with Gasteiger partial charge < -0.3 is 10.0 Å². The molecule has 6 atom stereocenters. The molecule has 3 fully saturated rings. The lowest BCUT2D eigenvalue weighted by molar-refractivity contribution is -0.131. The van der Waals surface area contributed by atoms with Crippen LogP contribution in [0.15, 0.2) is 119 Å².